The molecule has 0 bridgehead atoms. The Morgan fingerprint density at radius 2 is 1.75 bits per heavy atom. The average Bonchev–Trinajstić information content (AvgIpc) is 2.30. The minimum atomic E-state index is -0.0528. The van der Waals surface area contributed by atoms with Gasteiger partial charge in [-0.2, -0.15) is 0 Å². The third-order valence-electron chi connectivity index (χ3n) is 2.39. The van der Waals surface area contributed by atoms with Crippen LogP contribution in [0, 0.1) is 0 Å². The van der Waals surface area contributed by atoms with Crippen LogP contribution in [0.5, 0.6) is 11.5 Å². The molecule has 0 amide bonds. The molecule has 0 fully saturated rings. The largest absolute Gasteiger partial charge is 0.486 e. The van der Waals surface area contributed by atoms with Crippen LogP contribution >= 0.6 is 0 Å². The average molecular weight is 213 g/mol. The van der Waals surface area contributed by atoms with Crippen LogP contribution in [-0.2, 0) is 5.11 Å². The van der Waals surface area contributed by atoms with E-state index in [0.29, 0.717) is 5.75 Å². The van der Waals surface area contributed by atoms with Gasteiger partial charge in [0.05, 0.1) is 0 Å². The zero-order valence-corrected chi connectivity index (χ0v) is 9.09. The second-order valence-corrected chi connectivity index (χ2v) is 3.65. The molecular weight excluding hydrogens is 200 g/mol. The standard InChI is InChI=1S/C14H13O2/c1-11(12-6-3-2-4-7-12)16-14-9-5-8-13(15)10-14/h2-11H,1H3. The maximum Gasteiger partial charge on any atom is 0.182 e. The fourth-order valence-electron chi connectivity index (χ4n) is 1.54. The van der Waals surface area contributed by atoms with Gasteiger partial charge in [0.2, 0.25) is 0 Å². The highest BCUT2D eigenvalue weighted by molar-refractivity contribution is 5.32. The Morgan fingerprint density at radius 3 is 2.44 bits per heavy atom. The minimum absolute atomic E-state index is 0.0299. The third kappa shape index (κ3) is 2.54. The fraction of sp³-hybridized carbons (Fsp3) is 0.143. The number of benzene rings is 2. The Balaban J connectivity index is 2.11. The summed E-state index contributed by atoms with van der Waals surface area (Å²) in [7, 11) is 0. The predicted octanol–water partition coefficient (Wildman–Crippen LogP) is 3.97. The van der Waals surface area contributed by atoms with Crippen molar-refractivity contribution in [1.82, 2.24) is 0 Å². The molecule has 2 rings (SSSR count). The topological polar surface area (TPSA) is 29.1 Å². The first kappa shape index (κ1) is 10.6. The Kier molecular flexibility index (Phi) is 3.10. The van der Waals surface area contributed by atoms with Crippen LogP contribution in [0.25, 0.3) is 0 Å². The van der Waals surface area contributed by atoms with Gasteiger partial charge in [0, 0.05) is 6.07 Å². The summed E-state index contributed by atoms with van der Waals surface area (Å²) in [6.45, 7) is 1.97. The lowest BCUT2D eigenvalue weighted by atomic mass is 10.1. The first-order valence-electron chi connectivity index (χ1n) is 5.24. The summed E-state index contributed by atoms with van der Waals surface area (Å²) in [6, 6.07) is 16.4. The van der Waals surface area contributed by atoms with E-state index in [-0.39, 0.29) is 11.9 Å². The van der Waals surface area contributed by atoms with Crippen molar-refractivity contribution >= 4 is 0 Å². The van der Waals surface area contributed by atoms with Crippen LogP contribution in [0.2, 0.25) is 0 Å². The van der Waals surface area contributed by atoms with E-state index in [1.807, 2.05) is 37.3 Å². The van der Waals surface area contributed by atoms with Gasteiger partial charge in [-0.15, -0.1) is 0 Å². The van der Waals surface area contributed by atoms with Crippen molar-refractivity contribution < 1.29 is 9.84 Å². The summed E-state index contributed by atoms with van der Waals surface area (Å²) in [6.07, 6.45) is -0.0528. The Morgan fingerprint density at radius 1 is 1.00 bits per heavy atom. The van der Waals surface area contributed by atoms with E-state index in [1.54, 1.807) is 12.1 Å². The van der Waals surface area contributed by atoms with Crippen molar-refractivity contribution in [3.8, 4) is 11.5 Å². The molecule has 0 aliphatic heterocycles. The molecule has 0 aliphatic rings. The molecule has 1 atom stereocenters. The van der Waals surface area contributed by atoms with Crippen molar-refractivity contribution in [3.63, 3.8) is 0 Å². The second-order valence-electron chi connectivity index (χ2n) is 3.65. The van der Waals surface area contributed by atoms with Gasteiger partial charge in [-0.25, -0.2) is 0 Å². The van der Waals surface area contributed by atoms with Crippen molar-refractivity contribution in [3.05, 3.63) is 60.2 Å². The van der Waals surface area contributed by atoms with Gasteiger partial charge in [0.25, 0.3) is 0 Å². The smallest absolute Gasteiger partial charge is 0.182 e. The zero-order valence-electron chi connectivity index (χ0n) is 9.09. The normalized spacial score (nSPS) is 12.1. The van der Waals surface area contributed by atoms with E-state index >= 15 is 0 Å². The zero-order chi connectivity index (χ0) is 11.4. The van der Waals surface area contributed by atoms with Gasteiger partial charge in [0.1, 0.15) is 11.9 Å². The van der Waals surface area contributed by atoms with Gasteiger partial charge < -0.3 is 4.74 Å². The minimum Gasteiger partial charge on any atom is -0.486 e. The van der Waals surface area contributed by atoms with Gasteiger partial charge in [-0.05, 0) is 24.6 Å². The molecule has 0 saturated heterocycles. The molecule has 0 spiro atoms. The molecule has 1 radical (unpaired) electrons. The third-order valence-corrected chi connectivity index (χ3v) is 2.39. The Labute approximate surface area is 95.1 Å². The summed E-state index contributed by atoms with van der Waals surface area (Å²) >= 11 is 0. The first-order chi connectivity index (χ1) is 7.75. The van der Waals surface area contributed by atoms with Gasteiger partial charge in [-0.1, -0.05) is 36.4 Å². The molecule has 0 aromatic heterocycles. The lowest BCUT2D eigenvalue weighted by Gasteiger charge is -2.14. The van der Waals surface area contributed by atoms with Crippen molar-refractivity contribution in [1.29, 1.82) is 0 Å². The molecule has 16 heavy (non-hydrogen) atoms. The molecule has 2 nitrogen and oxygen atoms in total. The molecule has 1 unspecified atom stereocenters. The molecule has 81 valence electrons. The van der Waals surface area contributed by atoms with E-state index in [4.69, 9.17) is 4.74 Å². The van der Waals surface area contributed by atoms with E-state index < -0.39 is 0 Å². The van der Waals surface area contributed by atoms with E-state index in [0.717, 1.165) is 5.56 Å². The summed E-state index contributed by atoms with van der Waals surface area (Å²) in [5.74, 6) is 0.585. The second kappa shape index (κ2) is 4.71. The SMILES string of the molecule is CC(Oc1cccc([O])c1)c1ccccc1. The number of ether oxygens (including phenoxy) is 1. The van der Waals surface area contributed by atoms with Crippen LogP contribution in [0.1, 0.15) is 18.6 Å². The summed E-state index contributed by atoms with van der Waals surface area (Å²) < 4.78 is 5.68. The number of rotatable bonds is 3. The molecule has 0 N–H and O–H groups in total. The number of hydrogen-bond acceptors (Lipinski definition) is 1. The Hall–Kier alpha value is -1.96. The summed E-state index contributed by atoms with van der Waals surface area (Å²) in [5.41, 5.74) is 1.10. The number of hydrogen-bond donors (Lipinski definition) is 0. The molecule has 2 heteroatoms. The monoisotopic (exact) mass is 213 g/mol. The quantitative estimate of drug-likeness (QED) is 0.758. The summed E-state index contributed by atoms with van der Waals surface area (Å²) in [4.78, 5) is 0. The molecule has 2 aromatic rings. The highest BCUT2D eigenvalue weighted by Gasteiger charge is 2.06. The molecule has 0 aliphatic carbocycles. The van der Waals surface area contributed by atoms with Gasteiger partial charge in [0.15, 0.2) is 5.75 Å². The fourth-order valence-corrected chi connectivity index (χ4v) is 1.54. The van der Waals surface area contributed by atoms with Crippen LogP contribution in [0.3, 0.4) is 0 Å². The van der Waals surface area contributed by atoms with Crippen molar-refractivity contribution in [2.75, 3.05) is 0 Å². The maximum atomic E-state index is 11.1. The predicted molar refractivity (Wildman–Crippen MR) is 62.1 cm³/mol. The molecule has 0 heterocycles. The highest BCUT2D eigenvalue weighted by Crippen LogP contribution is 2.24. The first-order valence-corrected chi connectivity index (χ1v) is 5.24. The summed E-state index contributed by atoms with van der Waals surface area (Å²) in [5, 5.41) is 11.1. The maximum absolute atomic E-state index is 11.1. The van der Waals surface area contributed by atoms with E-state index in [1.165, 1.54) is 12.1 Å². The molecular formula is C14H13O2. The lowest BCUT2D eigenvalue weighted by Crippen LogP contribution is -2.02. The highest BCUT2D eigenvalue weighted by atomic mass is 16.5. The van der Waals surface area contributed by atoms with E-state index in [2.05, 4.69) is 0 Å². The van der Waals surface area contributed by atoms with E-state index in [9.17, 15) is 5.11 Å². The van der Waals surface area contributed by atoms with Crippen molar-refractivity contribution in [2.24, 2.45) is 0 Å². The Bertz CT molecular complexity index is 451. The molecule has 0 saturated carbocycles. The molecule has 2 aromatic carbocycles. The van der Waals surface area contributed by atoms with Gasteiger partial charge in [-0.3, -0.25) is 5.11 Å². The van der Waals surface area contributed by atoms with Crippen molar-refractivity contribution in [2.45, 2.75) is 13.0 Å². The van der Waals surface area contributed by atoms with Gasteiger partial charge >= 0.3 is 0 Å². The van der Waals surface area contributed by atoms with Crippen LogP contribution in [-0.4, -0.2) is 0 Å². The van der Waals surface area contributed by atoms with Crippen LogP contribution in [0.15, 0.2) is 54.6 Å². The van der Waals surface area contributed by atoms with Crippen LogP contribution < -0.4 is 4.74 Å². The lowest BCUT2D eigenvalue weighted by molar-refractivity contribution is 0.225. The van der Waals surface area contributed by atoms with Crippen LogP contribution in [0.4, 0.5) is 0 Å².